The largest absolute Gasteiger partial charge is 0.370 e. The van der Waals surface area contributed by atoms with Gasteiger partial charge in [-0.2, -0.15) is 5.26 Å². The van der Waals surface area contributed by atoms with Gasteiger partial charge in [-0.25, -0.2) is 4.39 Å². The lowest BCUT2D eigenvalue weighted by atomic mass is 10.1. The highest BCUT2D eigenvalue weighted by molar-refractivity contribution is 9.10. The fourth-order valence-corrected chi connectivity index (χ4v) is 1.83. The first-order valence-corrected chi connectivity index (χ1v) is 5.93. The van der Waals surface area contributed by atoms with Crippen LogP contribution < -0.4 is 4.90 Å². The molecule has 0 saturated heterocycles. The van der Waals surface area contributed by atoms with Crippen LogP contribution in [-0.2, 0) is 0 Å². The maximum atomic E-state index is 14.0. The van der Waals surface area contributed by atoms with E-state index >= 15 is 0 Å². The summed E-state index contributed by atoms with van der Waals surface area (Å²) < 4.78 is 14.2. The van der Waals surface area contributed by atoms with Gasteiger partial charge in [-0.05, 0) is 41.4 Å². The van der Waals surface area contributed by atoms with Gasteiger partial charge in [0.1, 0.15) is 6.07 Å². The Hall–Kier alpha value is -1.08. The van der Waals surface area contributed by atoms with Crippen molar-refractivity contribution in [3.8, 4) is 6.07 Å². The van der Waals surface area contributed by atoms with E-state index < -0.39 is 0 Å². The van der Waals surface area contributed by atoms with Crippen LogP contribution in [-0.4, -0.2) is 13.1 Å². The van der Waals surface area contributed by atoms with E-state index in [1.807, 2.05) is 24.9 Å². The van der Waals surface area contributed by atoms with Gasteiger partial charge in [0.15, 0.2) is 5.82 Å². The zero-order chi connectivity index (χ0) is 12.3. The van der Waals surface area contributed by atoms with Crippen LogP contribution in [0.25, 0.3) is 0 Å². The molecule has 1 rings (SSSR count). The van der Waals surface area contributed by atoms with Crippen LogP contribution >= 0.6 is 15.9 Å². The lowest BCUT2D eigenvalue weighted by molar-refractivity contribution is 0.594. The van der Waals surface area contributed by atoms with Crippen LogP contribution in [0.1, 0.15) is 25.8 Å². The number of halogens is 2. The second kappa shape index (κ2) is 5.31. The summed E-state index contributed by atoms with van der Waals surface area (Å²) >= 11 is 3.11. The van der Waals surface area contributed by atoms with Gasteiger partial charge in [0, 0.05) is 13.1 Å². The third-order valence-corrected chi connectivity index (χ3v) is 3.59. The average Bonchev–Trinajstić information content (AvgIpc) is 2.30. The van der Waals surface area contributed by atoms with Gasteiger partial charge in [-0.15, -0.1) is 0 Å². The topological polar surface area (TPSA) is 27.0 Å². The summed E-state index contributed by atoms with van der Waals surface area (Å²) in [5.41, 5.74) is 0.832. The minimum Gasteiger partial charge on any atom is -0.370 e. The molecule has 0 aliphatic heterocycles. The van der Waals surface area contributed by atoms with Crippen molar-refractivity contribution in [2.45, 2.75) is 26.3 Å². The second-order valence-corrected chi connectivity index (χ2v) is 4.53. The minimum absolute atomic E-state index is 0.239. The summed E-state index contributed by atoms with van der Waals surface area (Å²) in [7, 11) is 1.85. The van der Waals surface area contributed by atoms with Crippen molar-refractivity contribution in [1.82, 2.24) is 0 Å². The van der Waals surface area contributed by atoms with Crippen molar-refractivity contribution < 1.29 is 4.39 Å². The van der Waals surface area contributed by atoms with Crippen molar-refractivity contribution in [3.63, 3.8) is 0 Å². The van der Waals surface area contributed by atoms with Gasteiger partial charge < -0.3 is 4.90 Å². The molecule has 2 nitrogen and oxygen atoms in total. The zero-order valence-corrected chi connectivity index (χ0v) is 11.2. The molecule has 1 unspecified atom stereocenters. The molecule has 1 aromatic rings. The number of nitrogens with zero attached hydrogens (tertiary/aromatic N) is 2. The van der Waals surface area contributed by atoms with Crippen molar-refractivity contribution in [3.05, 3.63) is 28.0 Å². The van der Waals surface area contributed by atoms with E-state index in [1.54, 1.807) is 12.1 Å². The number of hydrogen-bond donors (Lipinski definition) is 0. The van der Waals surface area contributed by atoms with E-state index in [-0.39, 0.29) is 16.3 Å². The third kappa shape index (κ3) is 2.35. The standard InChI is InChI=1S/C12H14BrFN2/c1-4-8(2)16(3)10-6-5-9(7-15)11(13)12(10)14/h5-6,8H,4H2,1-3H3. The Kier molecular flexibility index (Phi) is 4.31. The lowest BCUT2D eigenvalue weighted by Crippen LogP contribution is -2.28. The highest BCUT2D eigenvalue weighted by atomic mass is 79.9. The van der Waals surface area contributed by atoms with Gasteiger partial charge in [-0.3, -0.25) is 0 Å². The summed E-state index contributed by atoms with van der Waals surface area (Å²) in [4.78, 5) is 1.88. The molecular weight excluding hydrogens is 271 g/mol. The van der Waals surface area contributed by atoms with Crippen molar-refractivity contribution >= 4 is 21.6 Å². The number of anilines is 1. The van der Waals surface area contributed by atoms with Crippen molar-refractivity contribution in [1.29, 1.82) is 5.26 Å². The molecule has 0 N–H and O–H groups in total. The van der Waals surface area contributed by atoms with Crippen molar-refractivity contribution in [2.75, 3.05) is 11.9 Å². The Morgan fingerprint density at radius 1 is 1.56 bits per heavy atom. The van der Waals surface area contributed by atoms with Crippen LogP contribution in [0.5, 0.6) is 0 Å². The molecule has 0 saturated carbocycles. The Morgan fingerprint density at radius 3 is 2.69 bits per heavy atom. The Labute approximate surface area is 104 Å². The molecule has 0 heterocycles. The van der Waals surface area contributed by atoms with E-state index in [9.17, 15) is 4.39 Å². The first-order chi connectivity index (χ1) is 7.52. The average molecular weight is 285 g/mol. The van der Waals surface area contributed by atoms with Crippen molar-refractivity contribution in [2.24, 2.45) is 0 Å². The van der Waals surface area contributed by atoms with Gasteiger partial charge in [0.05, 0.1) is 15.7 Å². The molecule has 0 aromatic heterocycles. The highest BCUT2D eigenvalue weighted by Crippen LogP contribution is 2.29. The monoisotopic (exact) mass is 284 g/mol. The summed E-state index contributed by atoms with van der Waals surface area (Å²) in [6.45, 7) is 4.09. The SMILES string of the molecule is CCC(C)N(C)c1ccc(C#N)c(Br)c1F. The van der Waals surface area contributed by atoms with Crippen LogP contribution in [0.4, 0.5) is 10.1 Å². The van der Waals surface area contributed by atoms with Gasteiger partial charge in [0.25, 0.3) is 0 Å². The van der Waals surface area contributed by atoms with Crippen LogP contribution in [0.3, 0.4) is 0 Å². The molecule has 0 bridgehead atoms. The third-order valence-electron chi connectivity index (χ3n) is 2.81. The van der Waals surface area contributed by atoms with Gasteiger partial charge in [-0.1, -0.05) is 6.92 Å². The molecule has 1 aromatic carbocycles. The molecule has 0 radical (unpaired) electrons. The minimum atomic E-state index is -0.373. The number of nitriles is 1. The lowest BCUT2D eigenvalue weighted by Gasteiger charge is -2.26. The van der Waals surface area contributed by atoms with Gasteiger partial charge in [0.2, 0.25) is 0 Å². The second-order valence-electron chi connectivity index (χ2n) is 3.74. The predicted molar refractivity (Wildman–Crippen MR) is 67.0 cm³/mol. The fourth-order valence-electron chi connectivity index (χ4n) is 1.41. The first kappa shape index (κ1) is 13.0. The van der Waals surface area contributed by atoms with Crippen LogP contribution in [0.2, 0.25) is 0 Å². The Bertz CT molecular complexity index is 426. The molecule has 16 heavy (non-hydrogen) atoms. The maximum Gasteiger partial charge on any atom is 0.161 e. The molecule has 4 heteroatoms. The van der Waals surface area contributed by atoms with E-state index in [0.717, 1.165) is 6.42 Å². The zero-order valence-electron chi connectivity index (χ0n) is 9.59. The number of hydrogen-bond acceptors (Lipinski definition) is 2. The Morgan fingerprint density at radius 2 is 2.19 bits per heavy atom. The van der Waals surface area contributed by atoms with E-state index in [1.165, 1.54) is 0 Å². The maximum absolute atomic E-state index is 14.0. The molecule has 86 valence electrons. The molecule has 0 aliphatic carbocycles. The summed E-state index contributed by atoms with van der Waals surface area (Å²) in [5, 5.41) is 8.77. The van der Waals surface area contributed by atoms with E-state index in [0.29, 0.717) is 11.3 Å². The summed E-state index contributed by atoms with van der Waals surface area (Å²) in [6.07, 6.45) is 0.938. The normalized spacial score (nSPS) is 12.0. The molecule has 0 aliphatic rings. The molecule has 0 amide bonds. The predicted octanol–water partition coefficient (Wildman–Crippen LogP) is 3.69. The summed E-state index contributed by atoms with van der Waals surface area (Å²) in [6, 6.07) is 5.47. The molecule has 1 atom stereocenters. The molecule has 0 fully saturated rings. The van der Waals surface area contributed by atoms with E-state index in [2.05, 4.69) is 22.9 Å². The number of rotatable bonds is 3. The fraction of sp³-hybridized carbons (Fsp3) is 0.417. The highest BCUT2D eigenvalue weighted by Gasteiger charge is 2.16. The first-order valence-electron chi connectivity index (χ1n) is 5.13. The summed E-state index contributed by atoms with van der Waals surface area (Å²) in [5.74, 6) is -0.373. The molecular formula is C12H14BrFN2. The van der Waals surface area contributed by atoms with Crippen LogP contribution in [0, 0.1) is 17.1 Å². The smallest absolute Gasteiger partial charge is 0.161 e. The molecule has 0 spiro atoms. The number of benzene rings is 1. The van der Waals surface area contributed by atoms with Crippen LogP contribution in [0.15, 0.2) is 16.6 Å². The van der Waals surface area contributed by atoms with E-state index in [4.69, 9.17) is 5.26 Å². The quantitative estimate of drug-likeness (QED) is 0.846. The van der Waals surface area contributed by atoms with Gasteiger partial charge >= 0.3 is 0 Å². The Balaban J connectivity index is 3.18.